The Morgan fingerprint density at radius 1 is 1.38 bits per heavy atom. The van der Waals surface area contributed by atoms with E-state index in [-0.39, 0.29) is 5.30 Å². The van der Waals surface area contributed by atoms with E-state index in [2.05, 4.69) is 21.1 Å². The number of hydrogen-bond donors (Lipinski definition) is 0. The molecule has 0 saturated heterocycles. The third-order valence-electron chi connectivity index (χ3n) is 1.41. The van der Waals surface area contributed by atoms with Crippen molar-refractivity contribution < 1.29 is 14.0 Å². The van der Waals surface area contributed by atoms with Gasteiger partial charge < -0.3 is 9.22 Å². The minimum Gasteiger partial charge on any atom is -0.452 e. The maximum Gasteiger partial charge on any atom is 0.367 e. The van der Waals surface area contributed by atoms with Gasteiger partial charge in [0.1, 0.15) is 13.2 Å². The highest BCUT2D eigenvalue weighted by molar-refractivity contribution is 8.13. The van der Waals surface area contributed by atoms with Crippen LogP contribution in [-0.4, -0.2) is 49.8 Å². The summed E-state index contributed by atoms with van der Waals surface area (Å²) < 4.78 is 5.85. The third kappa shape index (κ3) is 9.70. The lowest BCUT2D eigenvalue weighted by Gasteiger charge is -2.23. The number of rotatable bonds is 5. The number of thioether (sulfide) groups is 1. The topological polar surface area (TPSA) is 26.3 Å². The monoisotopic (exact) mass is 206 g/mol. The van der Waals surface area contributed by atoms with E-state index in [4.69, 9.17) is 4.74 Å². The average Bonchev–Trinajstić information content (AvgIpc) is 1.98. The van der Waals surface area contributed by atoms with Crippen LogP contribution in [0.15, 0.2) is 0 Å². The first-order valence-corrected chi connectivity index (χ1v) is 5.54. The largest absolute Gasteiger partial charge is 0.452 e. The molecule has 4 heteroatoms. The SMILES string of the molecule is CCCSC(=O)OCC[N+](C)(C)C. The molecule has 0 saturated carbocycles. The number of hydrogen-bond acceptors (Lipinski definition) is 3. The van der Waals surface area contributed by atoms with Gasteiger partial charge in [0.05, 0.1) is 21.1 Å². The van der Waals surface area contributed by atoms with Crippen molar-refractivity contribution in [3.63, 3.8) is 0 Å². The van der Waals surface area contributed by atoms with Gasteiger partial charge in [-0.05, 0) is 18.2 Å². The van der Waals surface area contributed by atoms with Crippen molar-refractivity contribution in [1.82, 2.24) is 0 Å². The van der Waals surface area contributed by atoms with Crippen LogP contribution < -0.4 is 0 Å². The quantitative estimate of drug-likeness (QED) is 0.508. The number of quaternary nitrogens is 1. The van der Waals surface area contributed by atoms with E-state index < -0.39 is 0 Å². The molecular weight excluding hydrogens is 186 g/mol. The number of likely N-dealkylation sites (N-methyl/N-ethyl adjacent to an activating group) is 1. The highest BCUT2D eigenvalue weighted by Crippen LogP contribution is 2.06. The van der Waals surface area contributed by atoms with Gasteiger partial charge in [-0.2, -0.15) is 0 Å². The number of nitrogens with zero attached hydrogens (tertiary/aromatic N) is 1. The van der Waals surface area contributed by atoms with E-state index in [0.29, 0.717) is 6.61 Å². The maximum absolute atomic E-state index is 11.0. The van der Waals surface area contributed by atoms with Crippen LogP contribution in [0.5, 0.6) is 0 Å². The molecule has 0 aliphatic rings. The van der Waals surface area contributed by atoms with Crippen molar-refractivity contribution in [2.45, 2.75) is 13.3 Å². The zero-order valence-corrected chi connectivity index (χ0v) is 9.82. The summed E-state index contributed by atoms with van der Waals surface area (Å²) in [6.45, 7) is 3.42. The molecule has 0 spiro atoms. The number of carbonyl (C=O) groups excluding carboxylic acids is 1. The molecule has 0 N–H and O–H groups in total. The zero-order valence-electron chi connectivity index (χ0n) is 9.00. The molecule has 0 aromatic carbocycles. The highest BCUT2D eigenvalue weighted by Gasteiger charge is 2.08. The van der Waals surface area contributed by atoms with Gasteiger partial charge in [-0.15, -0.1) is 0 Å². The van der Waals surface area contributed by atoms with Gasteiger partial charge in [0.25, 0.3) is 0 Å². The lowest BCUT2D eigenvalue weighted by molar-refractivity contribution is -0.870. The summed E-state index contributed by atoms with van der Waals surface area (Å²) in [5, 5.41) is -0.143. The summed E-state index contributed by atoms with van der Waals surface area (Å²) >= 11 is 1.26. The van der Waals surface area contributed by atoms with Crippen molar-refractivity contribution in [3.8, 4) is 0 Å². The first-order chi connectivity index (χ1) is 5.95. The molecule has 0 atom stereocenters. The van der Waals surface area contributed by atoms with Gasteiger partial charge in [0.2, 0.25) is 0 Å². The van der Waals surface area contributed by atoms with Crippen molar-refractivity contribution in [1.29, 1.82) is 0 Å². The van der Waals surface area contributed by atoms with Crippen molar-refractivity contribution in [3.05, 3.63) is 0 Å². The van der Waals surface area contributed by atoms with Gasteiger partial charge in [-0.1, -0.05) is 6.92 Å². The molecule has 0 radical (unpaired) electrons. The van der Waals surface area contributed by atoms with E-state index in [1.165, 1.54) is 11.8 Å². The summed E-state index contributed by atoms with van der Waals surface area (Å²) in [6, 6.07) is 0. The summed E-state index contributed by atoms with van der Waals surface area (Å²) in [7, 11) is 6.23. The smallest absolute Gasteiger partial charge is 0.367 e. The van der Waals surface area contributed by atoms with E-state index in [9.17, 15) is 4.79 Å². The minimum absolute atomic E-state index is 0.143. The Labute approximate surface area is 85.0 Å². The molecule has 0 fully saturated rings. The first kappa shape index (κ1) is 12.8. The molecule has 0 amide bonds. The second-order valence-corrected chi connectivity index (χ2v) is 4.99. The second-order valence-electron chi connectivity index (χ2n) is 3.96. The molecule has 0 rings (SSSR count). The Bertz CT molecular complexity index is 154. The molecule has 0 unspecified atom stereocenters. The van der Waals surface area contributed by atoms with E-state index in [1.807, 2.05) is 6.92 Å². The molecule has 0 heterocycles. The summed E-state index contributed by atoms with van der Waals surface area (Å²) in [6.07, 6.45) is 1.01. The van der Waals surface area contributed by atoms with Crippen LogP contribution in [-0.2, 0) is 4.74 Å². The Kier molecular flexibility index (Phi) is 6.16. The lowest BCUT2D eigenvalue weighted by Crippen LogP contribution is -2.37. The van der Waals surface area contributed by atoms with Crippen LogP contribution >= 0.6 is 11.8 Å². The van der Waals surface area contributed by atoms with E-state index in [1.54, 1.807) is 0 Å². The van der Waals surface area contributed by atoms with Crippen LogP contribution in [0.3, 0.4) is 0 Å². The molecule has 78 valence electrons. The van der Waals surface area contributed by atoms with Gasteiger partial charge in [-0.25, -0.2) is 4.79 Å². The molecule has 0 aromatic heterocycles. The number of carbonyl (C=O) groups is 1. The molecule has 3 nitrogen and oxygen atoms in total. The summed E-state index contributed by atoms with van der Waals surface area (Å²) in [5.74, 6) is 0.850. The minimum atomic E-state index is -0.143. The van der Waals surface area contributed by atoms with Gasteiger partial charge in [0, 0.05) is 5.75 Å². The average molecular weight is 206 g/mol. The summed E-state index contributed by atoms with van der Waals surface area (Å²) in [5.41, 5.74) is 0. The molecule has 0 bridgehead atoms. The van der Waals surface area contributed by atoms with E-state index >= 15 is 0 Å². The van der Waals surface area contributed by atoms with Crippen molar-refractivity contribution in [2.24, 2.45) is 0 Å². The van der Waals surface area contributed by atoms with Gasteiger partial charge in [-0.3, -0.25) is 0 Å². The Morgan fingerprint density at radius 3 is 2.46 bits per heavy atom. The fraction of sp³-hybridized carbons (Fsp3) is 0.889. The Morgan fingerprint density at radius 2 is 2.00 bits per heavy atom. The first-order valence-electron chi connectivity index (χ1n) is 4.55. The molecule has 13 heavy (non-hydrogen) atoms. The van der Waals surface area contributed by atoms with Crippen LogP contribution in [0, 0.1) is 0 Å². The van der Waals surface area contributed by atoms with Crippen molar-refractivity contribution >= 4 is 17.1 Å². The fourth-order valence-corrected chi connectivity index (χ4v) is 1.17. The highest BCUT2D eigenvalue weighted by atomic mass is 32.2. The number of ether oxygens (including phenoxy) is 1. The lowest BCUT2D eigenvalue weighted by atomic mass is 10.5. The predicted octanol–water partition coefficient (Wildman–Crippen LogP) is 1.97. The second kappa shape index (κ2) is 6.27. The molecule has 0 aromatic rings. The molecule has 0 aliphatic heterocycles. The maximum atomic E-state index is 11.0. The van der Waals surface area contributed by atoms with Gasteiger partial charge in [0.15, 0.2) is 0 Å². The standard InChI is InChI=1S/C9H20NO2S/c1-5-8-13-9(11)12-7-6-10(2,3)4/h5-8H2,1-4H3/q+1. The molecular formula is C9H20NO2S+. The van der Waals surface area contributed by atoms with Crippen LogP contribution in [0.4, 0.5) is 4.79 Å². The summed E-state index contributed by atoms with van der Waals surface area (Å²) in [4.78, 5) is 11.0. The zero-order chi connectivity index (χ0) is 10.3. The van der Waals surface area contributed by atoms with Crippen LogP contribution in [0.25, 0.3) is 0 Å². The van der Waals surface area contributed by atoms with Crippen LogP contribution in [0.1, 0.15) is 13.3 Å². The van der Waals surface area contributed by atoms with Crippen LogP contribution in [0.2, 0.25) is 0 Å². The van der Waals surface area contributed by atoms with Crippen molar-refractivity contribution in [2.75, 3.05) is 40.0 Å². The van der Waals surface area contributed by atoms with Gasteiger partial charge >= 0.3 is 5.30 Å². The fourth-order valence-electron chi connectivity index (χ4n) is 0.630. The normalized spacial score (nSPS) is 11.4. The van der Waals surface area contributed by atoms with E-state index in [0.717, 1.165) is 23.2 Å². The Hall–Kier alpha value is -0.220. The molecule has 0 aliphatic carbocycles. The Balaban J connectivity index is 3.37. The third-order valence-corrected chi connectivity index (χ3v) is 2.37. The predicted molar refractivity (Wildman–Crippen MR) is 57.0 cm³/mol.